The fourth-order valence-electron chi connectivity index (χ4n) is 0.884. The number of rotatable bonds is 3. The summed E-state index contributed by atoms with van der Waals surface area (Å²) >= 11 is 2.99. The summed E-state index contributed by atoms with van der Waals surface area (Å²) in [6.07, 6.45) is 0.254. The Kier molecular flexibility index (Phi) is 3.37. The van der Waals surface area contributed by atoms with Crippen molar-refractivity contribution in [1.29, 1.82) is 0 Å². The number of carbonyl (C=O) groups is 1. The summed E-state index contributed by atoms with van der Waals surface area (Å²) in [7, 11) is 0. The summed E-state index contributed by atoms with van der Waals surface area (Å²) in [6, 6.07) is 5.84. The second-order valence-electron chi connectivity index (χ2n) is 2.63. The van der Waals surface area contributed by atoms with E-state index in [1.54, 1.807) is 12.1 Å². The number of carbonyl (C=O) groups excluding carboxylic acids is 1. The molecule has 1 aromatic carbocycles. The molecule has 0 aromatic heterocycles. The van der Waals surface area contributed by atoms with Crippen molar-refractivity contribution >= 4 is 21.7 Å². The van der Waals surface area contributed by atoms with Crippen LogP contribution in [0.1, 0.15) is 5.56 Å². The van der Waals surface area contributed by atoms with Gasteiger partial charge in [-0.1, -0.05) is 18.7 Å². The third kappa shape index (κ3) is 3.11. The highest BCUT2D eigenvalue weighted by atomic mass is 79.9. The van der Waals surface area contributed by atoms with Gasteiger partial charge in [-0.15, -0.1) is 0 Å². The third-order valence-electron chi connectivity index (χ3n) is 1.58. The fourth-order valence-corrected chi connectivity index (χ4v) is 1.02. The minimum Gasteiger partial charge on any atom is -0.293 e. The van der Waals surface area contributed by atoms with Crippen molar-refractivity contribution < 1.29 is 9.18 Å². The van der Waals surface area contributed by atoms with Gasteiger partial charge in [0.25, 0.3) is 0 Å². The van der Waals surface area contributed by atoms with E-state index in [9.17, 15) is 9.18 Å². The summed E-state index contributed by atoms with van der Waals surface area (Å²) in [5.41, 5.74) is 0.784. The molecule has 0 radical (unpaired) electrons. The number of hydrogen-bond donors (Lipinski definition) is 0. The van der Waals surface area contributed by atoms with Gasteiger partial charge in [-0.3, -0.25) is 4.79 Å². The van der Waals surface area contributed by atoms with Crippen molar-refractivity contribution in [2.75, 3.05) is 0 Å². The van der Waals surface area contributed by atoms with Crippen LogP contribution in [-0.4, -0.2) is 5.78 Å². The number of hydrogen-bond acceptors (Lipinski definition) is 1. The Hall–Kier alpha value is -0.960. The van der Waals surface area contributed by atoms with Crippen LogP contribution in [0.5, 0.6) is 0 Å². The molecule has 0 aliphatic rings. The SMILES string of the molecule is C=C(Br)C(=O)Cc1ccc(F)cc1. The van der Waals surface area contributed by atoms with Crippen LogP contribution in [0, 0.1) is 5.82 Å². The van der Waals surface area contributed by atoms with E-state index < -0.39 is 0 Å². The van der Waals surface area contributed by atoms with Crippen LogP contribution >= 0.6 is 15.9 Å². The lowest BCUT2D eigenvalue weighted by molar-refractivity contribution is -0.114. The van der Waals surface area contributed by atoms with Crippen molar-refractivity contribution in [2.24, 2.45) is 0 Å². The lowest BCUT2D eigenvalue weighted by atomic mass is 10.1. The highest BCUT2D eigenvalue weighted by Crippen LogP contribution is 2.09. The van der Waals surface area contributed by atoms with E-state index in [1.165, 1.54) is 12.1 Å². The van der Waals surface area contributed by atoms with Crippen molar-refractivity contribution in [3.8, 4) is 0 Å². The largest absolute Gasteiger partial charge is 0.293 e. The molecular weight excluding hydrogens is 235 g/mol. The van der Waals surface area contributed by atoms with Crippen molar-refractivity contribution in [3.05, 3.63) is 46.7 Å². The van der Waals surface area contributed by atoms with E-state index in [4.69, 9.17) is 0 Å². The number of ketones is 1. The fraction of sp³-hybridized carbons (Fsp3) is 0.100. The molecule has 0 amide bonds. The van der Waals surface area contributed by atoms with Gasteiger partial charge in [-0.05, 0) is 33.6 Å². The molecule has 0 spiro atoms. The summed E-state index contributed by atoms with van der Waals surface area (Å²) in [5.74, 6) is -0.388. The maximum absolute atomic E-state index is 12.5. The standard InChI is InChI=1S/C10H8BrFO/c1-7(11)10(13)6-8-2-4-9(12)5-3-8/h2-5H,1,6H2. The molecule has 0 heterocycles. The molecule has 1 aromatic rings. The molecule has 1 nitrogen and oxygen atoms in total. The van der Waals surface area contributed by atoms with Crippen molar-refractivity contribution in [2.45, 2.75) is 6.42 Å². The second-order valence-corrected chi connectivity index (χ2v) is 3.59. The zero-order chi connectivity index (χ0) is 9.84. The van der Waals surface area contributed by atoms with Crippen LogP contribution in [0.2, 0.25) is 0 Å². The first-order chi connectivity index (χ1) is 6.09. The molecule has 0 N–H and O–H groups in total. The summed E-state index contributed by atoms with van der Waals surface area (Å²) in [5, 5.41) is 0. The number of Topliss-reactive ketones (excluding diaryl/α,β-unsaturated/α-hetero) is 1. The molecule has 0 unspecified atom stereocenters. The third-order valence-corrected chi connectivity index (χ3v) is 2.02. The van der Waals surface area contributed by atoms with Gasteiger partial charge in [-0.2, -0.15) is 0 Å². The number of halogens is 2. The van der Waals surface area contributed by atoms with Gasteiger partial charge in [0.15, 0.2) is 5.78 Å². The van der Waals surface area contributed by atoms with Gasteiger partial charge >= 0.3 is 0 Å². The van der Waals surface area contributed by atoms with Crippen LogP contribution in [0.3, 0.4) is 0 Å². The van der Waals surface area contributed by atoms with Crippen LogP contribution in [0.4, 0.5) is 4.39 Å². The van der Waals surface area contributed by atoms with Gasteiger partial charge < -0.3 is 0 Å². The smallest absolute Gasteiger partial charge is 0.173 e. The van der Waals surface area contributed by atoms with Gasteiger partial charge in [0.1, 0.15) is 5.82 Å². The summed E-state index contributed by atoms with van der Waals surface area (Å²) in [6.45, 7) is 3.46. The number of allylic oxidation sites excluding steroid dienone is 1. The number of benzene rings is 1. The molecule has 0 aliphatic heterocycles. The minimum absolute atomic E-state index is 0.0911. The molecule has 68 valence electrons. The maximum Gasteiger partial charge on any atom is 0.173 e. The van der Waals surface area contributed by atoms with E-state index in [1.807, 2.05) is 0 Å². The first-order valence-electron chi connectivity index (χ1n) is 3.71. The topological polar surface area (TPSA) is 17.1 Å². The Morgan fingerprint density at radius 2 is 1.92 bits per heavy atom. The molecule has 0 saturated heterocycles. The average molecular weight is 243 g/mol. The van der Waals surface area contributed by atoms with Crippen LogP contribution in [0.25, 0.3) is 0 Å². The molecule has 0 atom stereocenters. The summed E-state index contributed by atoms with van der Waals surface area (Å²) < 4.78 is 12.8. The first kappa shape index (κ1) is 10.1. The zero-order valence-electron chi connectivity index (χ0n) is 6.89. The van der Waals surface area contributed by atoms with Crippen LogP contribution in [-0.2, 0) is 11.2 Å². The molecule has 3 heteroatoms. The minimum atomic E-state index is -0.297. The molecule has 0 bridgehead atoms. The van der Waals surface area contributed by atoms with E-state index in [0.717, 1.165) is 5.56 Å². The summed E-state index contributed by atoms with van der Waals surface area (Å²) in [4.78, 5) is 11.2. The average Bonchev–Trinajstić information content (AvgIpc) is 2.08. The Bertz CT molecular complexity index is 329. The molecule has 1 rings (SSSR count). The Labute approximate surface area is 84.4 Å². The lowest BCUT2D eigenvalue weighted by Crippen LogP contribution is -2.01. The van der Waals surface area contributed by atoms with Crippen LogP contribution < -0.4 is 0 Å². The molecule has 0 aliphatic carbocycles. The Morgan fingerprint density at radius 1 is 1.38 bits per heavy atom. The van der Waals surface area contributed by atoms with Crippen molar-refractivity contribution in [1.82, 2.24) is 0 Å². The van der Waals surface area contributed by atoms with Gasteiger partial charge in [0, 0.05) is 6.42 Å². The Balaban J connectivity index is 2.70. The predicted octanol–water partition coefficient (Wildman–Crippen LogP) is 2.85. The normalized spacial score (nSPS) is 9.69. The first-order valence-corrected chi connectivity index (χ1v) is 4.51. The maximum atomic E-state index is 12.5. The highest BCUT2D eigenvalue weighted by Gasteiger charge is 2.04. The van der Waals surface area contributed by atoms with Gasteiger partial charge in [-0.25, -0.2) is 4.39 Å². The molecule has 0 saturated carbocycles. The van der Waals surface area contributed by atoms with Crippen LogP contribution in [0.15, 0.2) is 35.3 Å². The highest BCUT2D eigenvalue weighted by molar-refractivity contribution is 9.12. The molecular formula is C10H8BrFO. The molecule has 13 heavy (non-hydrogen) atoms. The second kappa shape index (κ2) is 4.33. The quantitative estimate of drug-likeness (QED) is 0.746. The monoisotopic (exact) mass is 242 g/mol. The van der Waals surface area contributed by atoms with Crippen molar-refractivity contribution in [3.63, 3.8) is 0 Å². The van der Waals surface area contributed by atoms with E-state index in [0.29, 0.717) is 4.48 Å². The molecule has 0 fully saturated rings. The van der Waals surface area contributed by atoms with E-state index in [2.05, 4.69) is 22.5 Å². The predicted molar refractivity (Wildman–Crippen MR) is 53.2 cm³/mol. The Morgan fingerprint density at radius 3 is 2.38 bits per heavy atom. The van der Waals surface area contributed by atoms with Gasteiger partial charge in [0.2, 0.25) is 0 Å². The lowest BCUT2D eigenvalue weighted by Gasteiger charge is -1.98. The van der Waals surface area contributed by atoms with E-state index in [-0.39, 0.29) is 18.0 Å². The zero-order valence-corrected chi connectivity index (χ0v) is 8.47. The van der Waals surface area contributed by atoms with E-state index >= 15 is 0 Å². The van der Waals surface area contributed by atoms with Gasteiger partial charge in [0.05, 0.1) is 4.48 Å².